The van der Waals surface area contributed by atoms with Gasteiger partial charge in [0.2, 0.25) is 0 Å². The van der Waals surface area contributed by atoms with Crippen LogP contribution in [0.2, 0.25) is 0 Å². The van der Waals surface area contributed by atoms with Gasteiger partial charge in [-0.15, -0.1) is 0 Å². The van der Waals surface area contributed by atoms with Crippen LogP contribution in [-0.4, -0.2) is 25.4 Å². The molecule has 0 N–H and O–H groups in total. The minimum absolute atomic E-state index is 0.393. The van der Waals surface area contributed by atoms with E-state index in [0.29, 0.717) is 12.2 Å². The normalized spacial score (nSPS) is 19.4. The standard InChI is InChI=1S/C41H34O2/c1-25-3-13-37-38-14-4-26(2)16-40(38)41(39(37)15-25,33-11-9-29-17-27(19-35-23-42-35)5-7-31(29)21-33)34-12-10-30-18-28(20-36-24-43-36)6-8-32(30)22-34/h3-18,21-22,35-36H,19-20,23-24H2,1-2H3. The summed E-state index contributed by atoms with van der Waals surface area (Å²) >= 11 is 0. The fourth-order valence-electron chi connectivity index (χ4n) is 7.55. The number of benzene rings is 6. The average Bonchev–Trinajstić information content (AvgIpc) is 3.96. The number of hydrogen-bond donors (Lipinski definition) is 0. The van der Waals surface area contributed by atoms with Gasteiger partial charge in [-0.25, -0.2) is 0 Å². The van der Waals surface area contributed by atoms with Crippen molar-refractivity contribution >= 4 is 21.5 Å². The molecule has 2 saturated heterocycles. The first-order chi connectivity index (χ1) is 21.0. The van der Waals surface area contributed by atoms with Gasteiger partial charge < -0.3 is 9.47 Å². The van der Waals surface area contributed by atoms with E-state index in [1.54, 1.807) is 0 Å². The van der Waals surface area contributed by atoms with E-state index in [1.807, 2.05) is 0 Å². The summed E-state index contributed by atoms with van der Waals surface area (Å²) in [6.07, 6.45) is 2.77. The lowest BCUT2D eigenvalue weighted by molar-refractivity contribution is 0.407. The van der Waals surface area contributed by atoms with Crippen LogP contribution in [0.1, 0.15) is 44.5 Å². The maximum absolute atomic E-state index is 5.51. The van der Waals surface area contributed by atoms with Crippen LogP contribution in [0.25, 0.3) is 32.7 Å². The molecule has 2 aliphatic heterocycles. The number of ether oxygens (including phenoxy) is 2. The lowest BCUT2D eigenvalue weighted by atomic mass is 9.66. The Morgan fingerprint density at radius 1 is 0.512 bits per heavy atom. The lowest BCUT2D eigenvalue weighted by Crippen LogP contribution is -2.28. The van der Waals surface area contributed by atoms with Gasteiger partial charge in [0.05, 0.1) is 30.8 Å². The quantitative estimate of drug-likeness (QED) is 0.191. The first kappa shape index (κ1) is 25.3. The van der Waals surface area contributed by atoms with E-state index in [-0.39, 0.29) is 0 Å². The minimum atomic E-state index is -0.424. The van der Waals surface area contributed by atoms with Gasteiger partial charge in [-0.05, 0) is 92.0 Å². The summed E-state index contributed by atoms with van der Waals surface area (Å²) < 4.78 is 11.0. The summed E-state index contributed by atoms with van der Waals surface area (Å²) in [5, 5.41) is 5.13. The molecule has 2 heteroatoms. The molecule has 2 fully saturated rings. The van der Waals surface area contributed by atoms with Crippen LogP contribution in [0.5, 0.6) is 0 Å². The largest absolute Gasteiger partial charge is 0.373 e. The van der Waals surface area contributed by atoms with Crippen molar-refractivity contribution in [1.82, 2.24) is 0 Å². The van der Waals surface area contributed by atoms with Gasteiger partial charge in [-0.1, -0.05) is 108 Å². The predicted octanol–water partition coefficient (Wildman–Crippen LogP) is 8.86. The van der Waals surface area contributed by atoms with Crippen molar-refractivity contribution in [3.05, 3.63) is 154 Å². The van der Waals surface area contributed by atoms with E-state index < -0.39 is 5.41 Å². The van der Waals surface area contributed by atoms with Crippen LogP contribution in [0.15, 0.2) is 109 Å². The number of rotatable bonds is 6. The van der Waals surface area contributed by atoms with E-state index in [4.69, 9.17) is 9.47 Å². The van der Waals surface area contributed by atoms with Crippen molar-refractivity contribution < 1.29 is 9.47 Å². The van der Waals surface area contributed by atoms with Gasteiger partial charge in [0.15, 0.2) is 0 Å². The lowest BCUT2D eigenvalue weighted by Gasteiger charge is -2.34. The van der Waals surface area contributed by atoms with Gasteiger partial charge in [0, 0.05) is 12.8 Å². The Bertz CT molecular complexity index is 1930. The molecular formula is C41H34O2. The number of aryl methyl sites for hydroxylation is 2. The molecule has 43 heavy (non-hydrogen) atoms. The van der Waals surface area contributed by atoms with Crippen LogP contribution >= 0.6 is 0 Å². The maximum atomic E-state index is 5.51. The number of fused-ring (bicyclic) bond motifs is 5. The molecule has 0 spiro atoms. The van der Waals surface area contributed by atoms with E-state index in [2.05, 4.69) is 123 Å². The summed E-state index contributed by atoms with van der Waals surface area (Å²) in [6.45, 7) is 6.21. The van der Waals surface area contributed by atoms with Crippen molar-refractivity contribution in [2.45, 2.75) is 44.3 Å². The van der Waals surface area contributed by atoms with Gasteiger partial charge >= 0.3 is 0 Å². The molecule has 9 rings (SSSR count). The van der Waals surface area contributed by atoms with E-state index in [9.17, 15) is 0 Å². The predicted molar refractivity (Wildman–Crippen MR) is 175 cm³/mol. The third-order valence-electron chi connectivity index (χ3n) is 9.86. The summed E-state index contributed by atoms with van der Waals surface area (Å²) in [5.41, 5.74) is 12.9. The van der Waals surface area contributed by atoms with Crippen LogP contribution in [0.4, 0.5) is 0 Å². The smallest absolute Gasteiger partial charge is 0.0850 e. The summed E-state index contributed by atoms with van der Waals surface area (Å²) in [6, 6.07) is 42.2. The number of epoxide rings is 2. The molecule has 2 nitrogen and oxygen atoms in total. The Hall–Kier alpha value is -4.24. The zero-order chi connectivity index (χ0) is 28.7. The second-order valence-electron chi connectivity index (χ2n) is 13.0. The van der Waals surface area contributed by atoms with Crippen LogP contribution in [0.3, 0.4) is 0 Å². The molecule has 6 aromatic rings. The molecule has 0 saturated carbocycles. The maximum Gasteiger partial charge on any atom is 0.0850 e. The number of hydrogen-bond acceptors (Lipinski definition) is 2. The fourth-order valence-corrected chi connectivity index (χ4v) is 7.55. The summed E-state index contributed by atoms with van der Waals surface area (Å²) in [4.78, 5) is 0. The van der Waals surface area contributed by atoms with Crippen molar-refractivity contribution in [1.29, 1.82) is 0 Å². The first-order valence-electron chi connectivity index (χ1n) is 15.6. The van der Waals surface area contributed by atoms with Crippen LogP contribution in [-0.2, 0) is 27.7 Å². The highest BCUT2D eigenvalue weighted by Gasteiger charge is 2.46. The molecule has 3 aliphatic rings. The zero-order valence-electron chi connectivity index (χ0n) is 24.7. The van der Waals surface area contributed by atoms with Gasteiger partial charge in [0.25, 0.3) is 0 Å². The molecule has 0 aromatic heterocycles. The third kappa shape index (κ3) is 4.16. The Kier molecular flexibility index (Phi) is 5.51. The van der Waals surface area contributed by atoms with Crippen molar-refractivity contribution in [2.75, 3.05) is 13.2 Å². The van der Waals surface area contributed by atoms with Crippen LogP contribution in [0, 0.1) is 13.8 Å². The molecule has 0 radical (unpaired) electrons. The Morgan fingerprint density at radius 3 is 1.37 bits per heavy atom. The molecule has 0 amide bonds. The zero-order valence-corrected chi connectivity index (χ0v) is 24.7. The molecule has 1 aliphatic carbocycles. The summed E-state index contributed by atoms with van der Waals surface area (Å²) in [5.74, 6) is 0. The highest BCUT2D eigenvalue weighted by atomic mass is 16.6. The van der Waals surface area contributed by atoms with Gasteiger partial charge in [0.1, 0.15) is 0 Å². The van der Waals surface area contributed by atoms with E-state index in [0.717, 1.165) is 26.1 Å². The highest BCUT2D eigenvalue weighted by Crippen LogP contribution is 2.57. The molecular weight excluding hydrogens is 524 g/mol. The van der Waals surface area contributed by atoms with Gasteiger partial charge in [-0.2, -0.15) is 0 Å². The molecule has 2 heterocycles. The first-order valence-corrected chi connectivity index (χ1v) is 15.6. The Labute approximate surface area is 252 Å². The highest BCUT2D eigenvalue weighted by molar-refractivity contribution is 5.92. The fraction of sp³-hybridized carbons (Fsp3) is 0.220. The van der Waals surface area contributed by atoms with E-state index >= 15 is 0 Å². The second kappa shape index (κ2) is 9.38. The molecule has 2 atom stereocenters. The summed E-state index contributed by atoms with van der Waals surface area (Å²) in [7, 11) is 0. The molecule has 6 aromatic carbocycles. The van der Waals surface area contributed by atoms with Crippen molar-refractivity contribution in [3.63, 3.8) is 0 Å². The Morgan fingerprint density at radius 2 is 0.930 bits per heavy atom. The monoisotopic (exact) mass is 558 g/mol. The second-order valence-corrected chi connectivity index (χ2v) is 13.0. The SMILES string of the molecule is Cc1ccc2c(c1)C(c1ccc3cc(CC4CO4)ccc3c1)(c1ccc3cc(CC4CO4)ccc3c1)c1cc(C)ccc1-2. The minimum Gasteiger partial charge on any atom is -0.373 e. The third-order valence-corrected chi connectivity index (χ3v) is 9.86. The topological polar surface area (TPSA) is 25.1 Å². The van der Waals surface area contributed by atoms with E-state index in [1.165, 1.54) is 77.2 Å². The van der Waals surface area contributed by atoms with Crippen molar-refractivity contribution in [2.24, 2.45) is 0 Å². The van der Waals surface area contributed by atoms with Crippen LogP contribution < -0.4 is 0 Å². The Balaban J connectivity index is 1.29. The van der Waals surface area contributed by atoms with Gasteiger partial charge in [-0.3, -0.25) is 0 Å². The van der Waals surface area contributed by atoms with Crippen molar-refractivity contribution in [3.8, 4) is 11.1 Å². The molecule has 210 valence electrons. The molecule has 0 bridgehead atoms. The molecule has 2 unspecified atom stereocenters. The average molecular weight is 559 g/mol.